The van der Waals surface area contributed by atoms with Crippen LogP contribution in [0.2, 0.25) is 0 Å². The van der Waals surface area contributed by atoms with Gasteiger partial charge in [0.2, 0.25) is 0 Å². The molecule has 10 nitrogen and oxygen atoms in total. The molecule has 0 saturated carbocycles. The fourth-order valence-electron chi connectivity index (χ4n) is 2.99. The molecule has 0 unspecified atom stereocenters. The predicted octanol–water partition coefficient (Wildman–Crippen LogP) is -0.310. The van der Waals surface area contributed by atoms with Crippen molar-refractivity contribution in [2.24, 2.45) is 5.11 Å². The van der Waals surface area contributed by atoms with Gasteiger partial charge in [0.15, 0.2) is 0 Å². The Morgan fingerprint density at radius 2 is 1.96 bits per heavy atom. The van der Waals surface area contributed by atoms with E-state index in [4.69, 9.17) is 10.3 Å². The number of cyclic esters (lactones) is 1. The van der Waals surface area contributed by atoms with Crippen LogP contribution in [0.4, 0.5) is 4.79 Å². The van der Waals surface area contributed by atoms with Gasteiger partial charge in [0.05, 0.1) is 6.04 Å². The van der Waals surface area contributed by atoms with E-state index in [1.807, 2.05) is 0 Å². The van der Waals surface area contributed by atoms with Gasteiger partial charge in [-0.1, -0.05) is 18.0 Å². The largest absolute Gasteiger partial charge is 0.447 e. The van der Waals surface area contributed by atoms with Crippen LogP contribution < -0.4 is 5.32 Å². The number of carbonyl (C=O) groups excluding carboxylic acids is 1. The normalized spacial score (nSPS) is 33.1. The standard InChI is InChI=1S/C13H23N5O5/c14-17-16-6-4-2-1-3-5-15-12-11(21)10(20)9(19)8-7-23-13(22)18(8)12/h8-12,15,19-21H,1-7H2/t8-,9-,10+,11+,12+/m1/s1. The van der Waals surface area contributed by atoms with Gasteiger partial charge in [0, 0.05) is 11.5 Å². The van der Waals surface area contributed by atoms with E-state index in [0.717, 1.165) is 25.7 Å². The van der Waals surface area contributed by atoms with E-state index in [0.29, 0.717) is 13.1 Å². The highest BCUT2D eigenvalue weighted by Crippen LogP contribution is 2.28. The number of rotatable bonds is 8. The molecule has 130 valence electrons. The summed E-state index contributed by atoms with van der Waals surface area (Å²) in [5.74, 6) is 0. The minimum atomic E-state index is -1.33. The summed E-state index contributed by atoms with van der Waals surface area (Å²) in [6.45, 7) is 1.03. The van der Waals surface area contributed by atoms with Crippen molar-refractivity contribution in [3.8, 4) is 0 Å². The van der Waals surface area contributed by atoms with Crippen LogP contribution in [0.25, 0.3) is 10.4 Å². The Labute approximate surface area is 133 Å². The van der Waals surface area contributed by atoms with Crippen molar-refractivity contribution in [1.29, 1.82) is 0 Å². The number of nitrogens with zero attached hydrogens (tertiary/aromatic N) is 4. The van der Waals surface area contributed by atoms with Crippen molar-refractivity contribution in [2.75, 3.05) is 19.7 Å². The number of azide groups is 1. The molecule has 0 radical (unpaired) electrons. The van der Waals surface area contributed by atoms with Crippen LogP contribution in [0.5, 0.6) is 0 Å². The SMILES string of the molecule is [N-]=[N+]=NCCCCCCN[C@@H]1[C@@H](O)[C@@H](O)[C@H](O)[C@H]2COC(=O)N21. The molecule has 0 bridgehead atoms. The van der Waals surface area contributed by atoms with Crippen molar-refractivity contribution in [3.05, 3.63) is 10.4 Å². The second-order valence-electron chi connectivity index (χ2n) is 5.79. The van der Waals surface area contributed by atoms with Gasteiger partial charge in [-0.2, -0.15) is 0 Å². The van der Waals surface area contributed by atoms with E-state index in [1.54, 1.807) is 0 Å². The Balaban J connectivity index is 1.78. The summed E-state index contributed by atoms with van der Waals surface area (Å²) in [7, 11) is 0. The molecule has 10 heteroatoms. The first kappa shape index (κ1) is 17.8. The third-order valence-electron chi connectivity index (χ3n) is 4.26. The number of hydrogen-bond donors (Lipinski definition) is 4. The minimum absolute atomic E-state index is 0.00136. The molecule has 2 heterocycles. The van der Waals surface area contributed by atoms with Crippen LogP contribution in [0, 0.1) is 0 Å². The molecule has 0 aromatic carbocycles. The topological polar surface area (TPSA) is 151 Å². The number of amides is 1. The number of unbranched alkanes of at least 4 members (excludes halogenated alkanes) is 3. The molecule has 4 N–H and O–H groups in total. The van der Waals surface area contributed by atoms with E-state index >= 15 is 0 Å². The highest BCUT2D eigenvalue weighted by molar-refractivity contribution is 5.71. The average molecular weight is 329 g/mol. The number of ether oxygens (including phenoxy) is 1. The molecule has 2 fully saturated rings. The van der Waals surface area contributed by atoms with Crippen molar-refractivity contribution in [3.63, 3.8) is 0 Å². The second kappa shape index (κ2) is 8.32. The van der Waals surface area contributed by atoms with Gasteiger partial charge >= 0.3 is 6.09 Å². The third-order valence-corrected chi connectivity index (χ3v) is 4.26. The third kappa shape index (κ3) is 4.04. The number of aliphatic hydroxyl groups excluding tert-OH is 3. The van der Waals surface area contributed by atoms with E-state index in [1.165, 1.54) is 4.90 Å². The maximum atomic E-state index is 11.8. The van der Waals surface area contributed by atoms with Crippen LogP contribution in [0.15, 0.2) is 5.11 Å². The fourth-order valence-corrected chi connectivity index (χ4v) is 2.99. The van der Waals surface area contributed by atoms with Crippen LogP contribution in [-0.4, -0.2) is 76.5 Å². The zero-order chi connectivity index (χ0) is 16.8. The monoisotopic (exact) mass is 329 g/mol. The Kier molecular flexibility index (Phi) is 6.43. The van der Waals surface area contributed by atoms with Gasteiger partial charge in [-0.15, -0.1) is 0 Å². The van der Waals surface area contributed by atoms with Gasteiger partial charge < -0.3 is 20.1 Å². The van der Waals surface area contributed by atoms with E-state index < -0.39 is 36.6 Å². The van der Waals surface area contributed by atoms with Crippen LogP contribution >= 0.6 is 0 Å². The number of hydrogen-bond acceptors (Lipinski definition) is 7. The zero-order valence-corrected chi connectivity index (χ0v) is 12.8. The molecule has 0 spiro atoms. The smallest absolute Gasteiger partial charge is 0.411 e. The maximum absolute atomic E-state index is 11.8. The number of piperidine rings is 1. The van der Waals surface area contributed by atoms with E-state index in [2.05, 4.69) is 15.3 Å². The molecule has 0 aromatic heterocycles. The summed E-state index contributed by atoms with van der Waals surface area (Å²) in [6, 6.07) is -0.651. The molecule has 2 rings (SSSR count). The van der Waals surface area contributed by atoms with Crippen LogP contribution in [0.3, 0.4) is 0 Å². The lowest BCUT2D eigenvalue weighted by molar-refractivity contribution is -0.148. The lowest BCUT2D eigenvalue weighted by Crippen LogP contribution is -2.69. The maximum Gasteiger partial charge on any atom is 0.411 e. The van der Waals surface area contributed by atoms with Gasteiger partial charge in [-0.25, -0.2) is 4.79 Å². The molecule has 2 aliphatic rings. The van der Waals surface area contributed by atoms with E-state index in [-0.39, 0.29) is 6.61 Å². The molecule has 0 aromatic rings. The summed E-state index contributed by atoms with van der Waals surface area (Å²) in [5, 5.41) is 36.4. The molecule has 2 aliphatic heterocycles. The molecular formula is C13H23N5O5. The van der Waals surface area contributed by atoms with Crippen molar-refractivity contribution < 1.29 is 24.9 Å². The van der Waals surface area contributed by atoms with Crippen LogP contribution in [-0.2, 0) is 4.74 Å². The molecular weight excluding hydrogens is 306 g/mol. The zero-order valence-electron chi connectivity index (χ0n) is 12.8. The summed E-state index contributed by atoms with van der Waals surface area (Å²) < 4.78 is 4.90. The number of fused-ring (bicyclic) bond motifs is 1. The summed E-state index contributed by atoms with van der Waals surface area (Å²) in [4.78, 5) is 15.7. The minimum Gasteiger partial charge on any atom is -0.447 e. The van der Waals surface area contributed by atoms with Crippen molar-refractivity contribution in [1.82, 2.24) is 10.2 Å². The number of aliphatic hydroxyl groups is 3. The Morgan fingerprint density at radius 1 is 1.22 bits per heavy atom. The predicted molar refractivity (Wildman–Crippen MR) is 79.3 cm³/mol. The lowest BCUT2D eigenvalue weighted by atomic mass is 9.92. The van der Waals surface area contributed by atoms with Gasteiger partial charge in [-0.3, -0.25) is 10.2 Å². The molecule has 23 heavy (non-hydrogen) atoms. The van der Waals surface area contributed by atoms with Gasteiger partial charge in [0.25, 0.3) is 0 Å². The number of carbonyl (C=O) groups is 1. The quantitative estimate of drug-likeness (QED) is 0.207. The summed E-state index contributed by atoms with van der Waals surface area (Å²) in [6.07, 6.45) is -1.75. The first-order valence-electron chi connectivity index (χ1n) is 7.81. The second-order valence-corrected chi connectivity index (χ2v) is 5.79. The number of nitrogens with one attached hydrogen (secondary N) is 1. The van der Waals surface area contributed by atoms with Gasteiger partial charge in [-0.05, 0) is 24.9 Å². The Hall–Kier alpha value is -1.58. The summed E-state index contributed by atoms with van der Waals surface area (Å²) >= 11 is 0. The van der Waals surface area contributed by atoms with Gasteiger partial charge in [0.1, 0.15) is 31.1 Å². The first-order valence-corrected chi connectivity index (χ1v) is 7.81. The summed E-state index contributed by atoms with van der Waals surface area (Å²) in [5.41, 5.74) is 8.16. The van der Waals surface area contributed by atoms with Crippen molar-refractivity contribution in [2.45, 2.75) is 56.2 Å². The Morgan fingerprint density at radius 3 is 2.70 bits per heavy atom. The first-order chi connectivity index (χ1) is 11.1. The fraction of sp³-hybridized carbons (Fsp3) is 0.923. The highest BCUT2D eigenvalue weighted by atomic mass is 16.6. The Bertz CT molecular complexity index is 458. The van der Waals surface area contributed by atoms with Crippen molar-refractivity contribution >= 4 is 6.09 Å². The highest BCUT2D eigenvalue weighted by Gasteiger charge is 2.53. The molecule has 2 saturated heterocycles. The molecule has 0 aliphatic carbocycles. The van der Waals surface area contributed by atoms with Crippen LogP contribution in [0.1, 0.15) is 25.7 Å². The molecule has 5 atom stereocenters. The molecule has 1 amide bonds. The lowest BCUT2D eigenvalue weighted by Gasteiger charge is -2.44. The van der Waals surface area contributed by atoms with E-state index in [9.17, 15) is 20.1 Å². The average Bonchev–Trinajstić information content (AvgIpc) is 2.92.